The summed E-state index contributed by atoms with van der Waals surface area (Å²) in [7, 11) is 0. The Morgan fingerprint density at radius 1 is 0.684 bits per heavy atom. The van der Waals surface area contributed by atoms with Crippen LogP contribution < -0.4 is 0 Å². The monoisotopic (exact) mass is 266 g/mol. The quantitative estimate of drug-likeness (QED) is 0.349. The van der Waals surface area contributed by atoms with Gasteiger partial charge in [0.15, 0.2) is 0 Å². The van der Waals surface area contributed by atoms with Gasteiger partial charge in [-0.3, -0.25) is 0 Å². The lowest BCUT2D eigenvalue weighted by Gasteiger charge is -2.30. The van der Waals surface area contributed by atoms with Crippen LogP contribution in [0.2, 0.25) is 0 Å². The van der Waals surface area contributed by atoms with Crippen molar-refractivity contribution in [1.29, 1.82) is 0 Å². The summed E-state index contributed by atoms with van der Waals surface area (Å²) in [5.74, 6) is 2.16. The minimum absolute atomic E-state index is 1.07. The molecule has 0 aromatic rings. The van der Waals surface area contributed by atoms with Gasteiger partial charge in [0, 0.05) is 0 Å². The minimum Gasteiger partial charge on any atom is -0.0654 e. The summed E-state index contributed by atoms with van der Waals surface area (Å²) in [5, 5.41) is 0. The molecule has 0 spiro atoms. The van der Waals surface area contributed by atoms with Gasteiger partial charge in [-0.2, -0.15) is 0 Å². The summed E-state index contributed by atoms with van der Waals surface area (Å²) in [6.45, 7) is 4.68. The molecule has 1 aliphatic carbocycles. The molecule has 114 valence electrons. The lowest BCUT2D eigenvalue weighted by Crippen LogP contribution is -2.18. The van der Waals surface area contributed by atoms with Gasteiger partial charge in [0.05, 0.1) is 0 Å². The van der Waals surface area contributed by atoms with E-state index in [1.54, 1.807) is 12.8 Å². The van der Waals surface area contributed by atoms with Crippen LogP contribution in [0.4, 0.5) is 0 Å². The van der Waals surface area contributed by atoms with Gasteiger partial charge in [-0.1, -0.05) is 110 Å². The Labute approximate surface area is 122 Å². The van der Waals surface area contributed by atoms with Gasteiger partial charge in [0.2, 0.25) is 0 Å². The minimum atomic E-state index is 1.07. The van der Waals surface area contributed by atoms with Crippen LogP contribution in [-0.4, -0.2) is 0 Å². The van der Waals surface area contributed by atoms with Crippen molar-refractivity contribution in [2.45, 2.75) is 110 Å². The van der Waals surface area contributed by atoms with Gasteiger partial charge in [-0.15, -0.1) is 0 Å². The molecule has 0 aromatic heterocycles. The molecule has 0 aromatic carbocycles. The van der Waals surface area contributed by atoms with Crippen LogP contribution in [0.25, 0.3) is 0 Å². The lowest BCUT2D eigenvalue weighted by molar-refractivity contribution is 0.218. The van der Waals surface area contributed by atoms with Crippen LogP contribution in [0.5, 0.6) is 0 Å². The summed E-state index contributed by atoms with van der Waals surface area (Å²) in [6.07, 6.45) is 22.3. The summed E-state index contributed by atoms with van der Waals surface area (Å²) < 4.78 is 0. The molecule has 0 nitrogen and oxygen atoms in total. The van der Waals surface area contributed by atoms with Crippen molar-refractivity contribution >= 4 is 0 Å². The van der Waals surface area contributed by atoms with Crippen molar-refractivity contribution in [2.75, 3.05) is 0 Å². The zero-order valence-corrected chi connectivity index (χ0v) is 13.8. The third-order valence-corrected chi connectivity index (χ3v) is 5.15. The van der Waals surface area contributed by atoms with Crippen molar-refractivity contribution in [3.8, 4) is 0 Å². The second-order valence-corrected chi connectivity index (χ2v) is 6.86. The molecule has 1 aliphatic rings. The highest BCUT2D eigenvalue weighted by atomic mass is 14.3. The van der Waals surface area contributed by atoms with E-state index >= 15 is 0 Å². The molecular formula is C19H38. The van der Waals surface area contributed by atoms with Crippen molar-refractivity contribution in [1.82, 2.24) is 0 Å². The highest BCUT2D eigenvalue weighted by Crippen LogP contribution is 2.35. The van der Waals surface area contributed by atoms with E-state index in [2.05, 4.69) is 13.8 Å². The summed E-state index contributed by atoms with van der Waals surface area (Å²) >= 11 is 0. The van der Waals surface area contributed by atoms with E-state index in [1.807, 2.05) is 0 Å². The Morgan fingerprint density at radius 3 is 1.95 bits per heavy atom. The van der Waals surface area contributed by atoms with Gasteiger partial charge in [-0.25, -0.2) is 0 Å². The maximum absolute atomic E-state index is 2.38. The summed E-state index contributed by atoms with van der Waals surface area (Å²) in [6, 6.07) is 0. The molecule has 0 heteroatoms. The number of unbranched alkanes of at least 4 members (excludes halogenated alkanes) is 6. The van der Waals surface area contributed by atoms with Crippen LogP contribution in [0.3, 0.4) is 0 Å². The number of rotatable bonds is 11. The standard InChI is InChI=1S/C19H38/c1-3-5-6-7-8-9-11-15-18(14-4-2)19-16-12-10-13-17-19/h18-19H,3-17H2,1-2H3. The molecule has 0 heterocycles. The van der Waals surface area contributed by atoms with E-state index in [-0.39, 0.29) is 0 Å². The highest BCUT2D eigenvalue weighted by Gasteiger charge is 2.22. The zero-order chi connectivity index (χ0) is 13.8. The molecule has 0 bridgehead atoms. The normalized spacial score (nSPS) is 18.6. The van der Waals surface area contributed by atoms with Crippen molar-refractivity contribution in [3.05, 3.63) is 0 Å². The SMILES string of the molecule is CCCCCCCCCC(CCC)C1CCCCC1. The highest BCUT2D eigenvalue weighted by molar-refractivity contribution is 4.74. The fourth-order valence-corrected chi connectivity index (χ4v) is 3.96. The van der Waals surface area contributed by atoms with Gasteiger partial charge in [-0.05, 0) is 11.8 Å². The maximum atomic E-state index is 2.38. The largest absolute Gasteiger partial charge is 0.0654 e. The maximum Gasteiger partial charge on any atom is -0.0386 e. The average Bonchev–Trinajstić information content (AvgIpc) is 2.46. The van der Waals surface area contributed by atoms with E-state index in [0.29, 0.717) is 0 Å². The Balaban J connectivity index is 2.07. The van der Waals surface area contributed by atoms with Crippen LogP contribution in [-0.2, 0) is 0 Å². The third kappa shape index (κ3) is 8.00. The number of hydrogen-bond acceptors (Lipinski definition) is 0. The summed E-state index contributed by atoms with van der Waals surface area (Å²) in [4.78, 5) is 0. The van der Waals surface area contributed by atoms with Gasteiger partial charge in [0.1, 0.15) is 0 Å². The van der Waals surface area contributed by atoms with Crippen molar-refractivity contribution < 1.29 is 0 Å². The molecule has 1 fully saturated rings. The molecule has 0 radical (unpaired) electrons. The molecule has 0 amide bonds. The second kappa shape index (κ2) is 11.8. The Hall–Kier alpha value is 0. The smallest absolute Gasteiger partial charge is 0.0386 e. The van der Waals surface area contributed by atoms with E-state index in [4.69, 9.17) is 0 Å². The molecular weight excluding hydrogens is 228 g/mol. The molecule has 19 heavy (non-hydrogen) atoms. The van der Waals surface area contributed by atoms with Crippen LogP contribution >= 0.6 is 0 Å². The fourth-order valence-electron chi connectivity index (χ4n) is 3.96. The molecule has 1 unspecified atom stereocenters. The molecule has 1 saturated carbocycles. The average molecular weight is 267 g/mol. The Kier molecular flexibility index (Phi) is 10.6. The lowest BCUT2D eigenvalue weighted by atomic mass is 9.76. The number of hydrogen-bond donors (Lipinski definition) is 0. The Bertz CT molecular complexity index is 178. The predicted octanol–water partition coefficient (Wildman–Crippen LogP) is 7.12. The fraction of sp³-hybridized carbons (Fsp3) is 1.00. The van der Waals surface area contributed by atoms with Crippen molar-refractivity contribution in [2.24, 2.45) is 11.8 Å². The first-order valence-electron chi connectivity index (χ1n) is 9.38. The first-order valence-corrected chi connectivity index (χ1v) is 9.38. The van der Waals surface area contributed by atoms with Crippen LogP contribution in [0, 0.1) is 11.8 Å². The van der Waals surface area contributed by atoms with E-state index in [9.17, 15) is 0 Å². The van der Waals surface area contributed by atoms with Gasteiger partial charge < -0.3 is 0 Å². The molecule has 1 atom stereocenters. The zero-order valence-electron chi connectivity index (χ0n) is 13.8. The first-order chi connectivity index (χ1) is 9.38. The second-order valence-electron chi connectivity index (χ2n) is 6.86. The van der Waals surface area contributed by atoms with Gasteiger partial charge >= 0.3 is 0 Å². The van der Waals surface area contributed by atoms with Crippen LogP contribution in [0.15, 0.2) is 0 Å². The van der Waals surface area contributed by atoms with E-state index < -0.39 is 0 Å². The van der Waals surface area contributed by atoms with Crippen molar-refractivity contribution in [3.63, 3.8) is 0 Å². The van der Waals surface area contributed by atoms with E-state index in [0.717, 1.165) is 11.8 Å². The topological polar surface area (TPSA) is 0 Å². The summed E-state index contributed by atoms with van der Waals surface area (Å²) in [5.41, 5.74) is 0. The Morgan fingerprint density at radius 2 is 1.32 bits per heavy atom. The van der Waals surface area contributed by atoms with E-state index in [1.165, 1.54) is 83.5 Å². The molecule has 0 aliphatic heterocycles. The molecule has 1 rings (SSSR count). The van der Waals surface area contributed by atoms with Gasteiger partial charge in [0.25, 0.3) is 0 Å². The van der Waals surface area contributed by atoms with Crippen LogP contribution in [0.1, 0.15) is 110 Å². The molecule has 0 saturated heterocycles. The first kappa shape index (κ1) is 17.1. The predicted molar refractivity (Wildman–Crippen MR) is 87.6 cm³/mol. The molecule has 0 N–H and O–H groups in total. The third-order valence-electron chi connectivity index (χ3n) is 5.15.